The fourth-order valence-corrected chi connectivity index (χ4v) is 0.956. The largest absolute Gasteiger partial charge is 0.378 e. The van der Waals surface area contributed by atoms with Gasteiger partial charge in [0, 0.05) is 11.8 Å². The van der Waals surface area contributed by atoms with E-state index in [0.29, 0.717) is 39.5 Å². The Kier molecular flexibility index (Phi) is 12.8. The molecule has 14 heavy (non-hydrogen) atoms. The third kappa shape index (κ3) is 11.9. The lowest BCUT2D eigenvalue weighted by Gasteiger charge is -2.04. The van der Waals surface area contributed by atoms with E-state index in [4.69, 9.17) is 20.6 Å². The molecule has 0 aromatic carbocycles. The van der Waals surface area contributed by atoms with Gasteiger partial charge in [-0.25, -0.2) is 0 Å². The first kappa shape index (κ1) is 13.9. The molecule has 0 bridgehead atoms. The van der Waals surface area contributed by atoms with Crippen molar-refractivity contribution in [2.45, 2.75) is 6.42 Å². The lowest BCUT2D eigenvalue weighted by Crippen LogP contribution is -2.10. The molecule has 0 aliphatic rings. The summed E-state index contributed by atoms with van der Waals surface area (Å²) < 4.78 is 15.6. The van der Waals surface area contributed by atoms with Crippen molar-refractivity contribution in [1.82, 2.24) is 0 Å². The van der Waals surface area contributed by atoms with Gasteiger partial charge in [0.2, 0.25) is 0 Å². The van der Waals surface area contributed by atoms with E-state index in [1.807, 2.05) is 0 Å². The number of hydrogen-bond acceptors (Lipinski definition) is 3. The summed E-state index contributed by atoms with van der Waals surface area (Å²) >= 11 is 3.27. The average molecular weight is 265 g/mol. The van der Waals surface area contributed by atoms with Crippen LogP contribution in [0.25, 0.3) is 0 Å². The summed E-state index contributed by atoms with van der Waals surface area (Å²) in [6.45, 7) is 3.78. The zero-order valence-corrected chi connectivity index (χ0v) is 9.92. The van der Waals surface area contributed by atoms with Gasteiger partial charge in [-0.2, -0.15) is 0 Å². The van der Waals surface area contributed by atoms with Crippen LogP contribution in [0.2, 0.25) is 0 Å². The Morgan fingerprint density at radius 2 is 1.36 bits per heavy atom. The first-order chi connectivity index (χ1) is 6.91. The Morgan fingerprint density at radius 3 is 1.86 bits per heavy atom. The molecule has 0 radical (unpaired) electrons. The van der Waals surface area contributed by atoms with Crippen LogP contribution in [0.4, 0.5) is 0 Å². The molecule has 0 aromatic heterocycles. The van der Waals surface area contributed by atoms with E-state index in [-0.39, 0.29) is 0 Å². The highest BCUT2D eigenvalue weighted by Crippen LogP contribution is 1.84. The van der Waals surface area contributed by atoms with Gasteiger partial charge >= 0.3 is 0 Å². The minimum Gasteiger partial charge on any atom is -0.378 e. The minimum absolute atomic E-state index is 0.597. The molecule has 0 unspecified atom stereocenters. The normalized spacial score (nSPS) is 10.0. The molecule has 3 nitrogen and oxygen atoms in total. The van der Waals surface area contributed by atoms with E-state index < -0.39 is 0 Å². The van der Waals surface area contributed by atoms with Crippen molar-refractivity contribution >= 4 is 15.9 Å². The van der Waals surface area contributed by atoms with Gasteiger partial charge in [0.1, 0.15) is 0 Å². The van der Waals surface area contributed by atoms with E-state index in [1.54, 1.807) is 0 Å². The monoisotopic (exact) mass is 264 g/mol. The zero-order valence-electron chi connectivity index (χ0n) is 8.34. The van der Waals surface area contributed by atoms with E-state index in [9.17, 15) is 0 Å². The van der Waals surface area contributed by atoms with Crippen molar-refractivity contribution in [3.63, 3.8) is 0 Å². The second kappa shape index (κ2) is 12.9. The van der Waals surface area contributed by atoms with Crippen LogP contribution in [0.5, 0.6) is 0 Å². The van der Waals surface area contributed by atoms with Gasteiger partial charge in [-0.05, 0) is 0 Å². The molecule has 0 rings (SSSR count). The molecule has 0 saturated carbocycles. The molecule has 0 fully saturated rings. The number of alkyl halides is 1. The van der Waals surface area contributed by atoms with Crippen LogP contribution in [0.1, 0.15) is 6.42 Å². The molecule has 0 aliphatic heterocycles. The predicted octanol–water partition coefficient (Wildman–Crippen LogP) is 1.45. The number of rotatable bonds is 10. The van der Waals surface area contributed by atoms with E-state index >= 15 is 0 Å². The third-order valence-electron chi connectivity index (χ3n) is 1.36. The smallest absolute Gasteiger partial charge is 0.0701 e. The Labute approximate surface area is 94.2 Å². The Bertz CT molecular complexity index is 145. The molecular weight excluding hydrogens is 248 g/mol. The lowest BCUT2D eigenvalue weighted by atomic mass is 10.5. The number of ether oxygens (including phenoxy) is 3. The van der Waals surface area contributed by atoms with Crippen LogP contribution in [-0.4, -0.2) is 45.0 Å². The minimum atomic E-state index is 0.597. The average Bonchev–Trinajstić information content (AvgIpc) is 2.21. The summed E-state index contributed by atoms with van der Waals surface area (Å²) in [5, 5.41) is 0.863. The topological polar surface area (TPSA) is 27.7 Å². The maximum absolute atomic E-state index is 5.24. The maximum atomic E-state index is 5.24. The Balaban J connectivity index is 2.82. The first-order valence-electron chi connectivity index (χ1n) is 4.64. The summed E-state index contributed by atoms with van der Waals surface area (Å²) in [5.74, 6) is 2.50. The van der Waals surface area contributed by atoms with Crippen molar-refractivity contribution in [2.24, 2.45) is 0 Å². The van der Waals surface area contributed by atoms with Crippen molar-refractivity contribution in [1.29, 1.82) is 0 Å². The number of hydrogen-bond donors (Lipinski definition) is 0. The molecule has 82 valence electrons. The van der Waals surface area contributed by atoms with E-state index in [0.717, 1.165) is 11.9 Å². The summed E-state index contributed by atoms with van der Waals surface area (Å²) in [5.41, 5.74) is 0. The van der Waals surface area contributed by atoms with Crippen molar-refractivity contribution in [3.8, 4) is 12.3 Å². The van der Waals surface area contributed by atoms with Crippen LogP contribution in [0.15, 0.2) is 0 Å². The summed E-state index contributed by atoms with van der Waals surface area (Å²) in [4.78, 5) is 0. The number of halogens is 1. The fraction of sp³-hybridized carbons (Fsp3) is 0.800. The SMILES string of the molecule is C#CCCOCCOCCOCCBr. The standard InChI is InChI=1S/C10H17BrO3/c1-2-3-5-12-7-9-14-10-8-13-6-4-11/h1H,3-10H2. The van der Waals surface area contributed by atoms with Gasteiger partial charge in [-0.3, -0.25) is 0 Å². The van der Waals surface area contributed by atoms with Crippen LogP contribution < -0.4 is 0 Å². The molecule has 0 N–H and O–H groups in total. The fourth-order valence-electron chi connectivity index (χ4n) is 0.728. The van der Waals surface area contributed by atoms with Crippen molar-refractivity contribution in [3.05, 3.63) is 0 Å². The molecule has 0 aliphatic carbocycles. The van der Waals surface area contributed by atoms with E-state index in [1.165, 1.54) is 0 Å². The Hall–Kier alpha value is -0.0800. The lowest BCUT2D eigenvalue weighted by molar-refractivity contribution is 0.0186. The highest BCUT2D eigenvalue weighted by atomic mass is 79.9. The van der Waals surface area contributed by atoms with Crippen LogP contribution in [0.3, 0.4) is 0 Å². The molecule has 0 saturated heterocycles. The molecule has 0 aromatic rings. The quantitative estimate of drug-likeness (QED) is 0.340. The molecule has 0 amide bonds. The van der Waals surface area contributed by atoms with Gasteiger partial charge in [0.25, 0.3) is 0 Å². The van der Waals surface area contributed by atoms with Gasteiger partial charge in [-0.1, -0.05) is 15.9 Å². The zero-order chi connectivity index (χ0) is 10.5. The number of terminal acetylenes is 1. The molecule has 4 heteroatoms. The van der Waals surface area contributed by atoms with Crippen molar-refractivity contribution in [2.75, 3.05) is 45.0 Å². The summed E-state index contributed by atoms with van der Waals surface area (Å²) in [6, 6.07) is 0. The van der Waals surface area contributed by atoms with Crippen molar-refractivity contribution < 1.29 is 14.2 Å². The first-order valence-corrected chi connectivity index (χ1v) is 5.76. The predicted molar refractivity (Wildman–Crippen MR) is 59.7 cm³/mol. The summed E-state index contributed by atoms with van der Waals surface area (Å²) in [7, 11) is 0. The van der Waals surface area contributed by atoms with Gasteiger partial charge in [0.15, 0.2) is 0 Å². The Morgan fingerprint density at radius 1 is 0.857 bits per heavy atom. The molecular formula is C10H17BrO3. The van der Waals surface area contributed by atoms with Crippen LogP contribution in [-0.2, 0) is 14.2 Å². The highest BCUT2D eigenvalue weighted by Gasteiger charge is 1.90. The van der Waals surface area contributed by atoms with Crippen LogP contribution in [0, 0.1) is 12.3 Å². The molecule has 0 heterocycles. The highest BCUT2D eigenvalue weighted by molar-refractivity contribution is 9.09. The van der Waals surface area contributed by atoms with Gasteiger partial charge in [-0.15, -0.1) is 12.3 Å². The summed E-state index contributed by atoms with van der Waals surface area (Å²) in [6.07, 6.45) is 5.72. The van der Waals surface area contributed by atoms with Gasteiger partial charge < -0.3 is 14.2 Å². The molecule has 0 spiro atoms. The third-order valence-corrected chi connectivity index (χ3v) is 1.68. The maximum Gasteiger partial charge on any atom is 0.0701 e. The second-order valence-electron chi connectivity index (χ2n) is 2.48. The second-order valence-corrected chi connectivity index (χ2v) is 3.27. The molecule has 0 atom stereocenters. The van der Waals surface area contributed by atoms with Crippen LogP contribution >= 0.6 is 15.9 Å². The van der Waals surface area contributed by atoms with Gasteiger partial charge in [0.05, 0.1) is 39.6 Å². The van der Waals surface area contributed by atoms with E-state index in [2.05, 4.69) is 21.9 Å².